The molecule has 1 aliphatic heterocycles. The Balaban J connectivity index is 1.80. The number of benzene rings is 2. The normalized spacial score (nSPS) is 19.4. The van der Waals surface area contributed by atoms with E-state index in [0.29, 0.717) is 26.2 Å². The van der Waals surface area contributed by atoms with Gasteiger partial charge in [0.05, 0.1) is 18.3 Å². The minimum absolute atomic E-state index is 0.0676. The molecule has 0 aromatic heterocycles. The van der Waals surface area contributed by atoms with E-state index < -0.39 is 23.6 Å². The highest BCUT2D eigenvalue weighted by Gasteiger charge is 2.37. The second-order valence-corrected chi connectivity index (χ2v) is 5.85. The molecule has 0 spiro atoms. The predicted molar refractivity (Wildman–Crippen MR) is 83.5 cm³/mol. The number of hydrogen-bond donors (Lipinski definition) is 1. The molecule has 2 aromatic rings. The quantitative estimate of drug-likeness (QED) is 0.919. The van der Waals surface area contributed by atoms with Gasteiger partial charge in [-0.2, -0.15) is 13.2 Å². The lowest BCUT2D eigenvalue weighted by Crippen LogP contribution is -2.38. The average molecular weight is 337 g/mol. The summed E-state index contributed by atoms with van der Waals surface area (Å²) in [6.07, 6.45) is -5.20. The largest absolute Gasteiger partial charge is 0.508 e. The van der Waals surface area contributed by atoms with Gasteiger partial charge in [0.25, 0.3) is 0 Å². The van der Waals surface area contributed by atoms with Crippen LogP contribution in [-0.2, 0) is 17.5 Å². The van der Waals surface area contributed by atoms with Gasteiger partial charge in [-0.05, 0) is 23.3 Å². The monoisotopic (exact) mass is 337 g/mol. The van der Waals surface area contributed by atoms with Gasteiger partial charge in [-0.3, -0.25) is 4.90 Å². The number of hydrogen-bond acceptors (Lipinski definition) is 3. The lowest BCUT2D eigenvalue weighted by Gasteiger charge is -2.34. The van der Waals surface area contributed by atoms with Gasteiger partial charge in [-0.15, -0.1) is 0 Å². The molecule has 6 heteroatoms. The van der Waals surface area contributed by atoms with Crippen molar-refractivity contribution in [3.8, 4) is 5.75 Å². The maximum absolute atomic E-state index is 13.2. The minimum atomic E-state index is -4.53. The Morgan fingerprint density at radius 2 is 1.88 bits per heavy atom. The molecule has 0 radical (unpaired) electrons. The van der Waals surface area contributed by atoms with Gasteiger partial charge >= 0.3 is 6.18 Å². The molecule has 0 unspecified atom stereocenters. The van der Waals surface area contributed by atoms with E-state index in [0.717, 1.165) is 11.6 Å². The molecule has 1 aliphatic rings. The summed E-state index contributed by atoms with van der Waals surface area (Å²) >= 11 is 0. The van der Waals surface area contributed by atoms with E-state index in [9.17, 15) is 18.3 Å². The number of phenols is 1. The van der Waals surface area contributed by atoms with Crippen LogP contribution in [0.25, 0.3) is 0 Å². The fraction of sp³-hybridized carbons (Fsp3) is 0.333. The van der Waals surface area contributed by atoms with Crippen molar-refractivity contribution >= 4 is 0 Å². The highest BCUT2D eigenvalue weighted by Crippen LogP contribution is 2.38. The van der Waals surface area contributed by atoms with Gasteiger partial charge in [0.2, 0.25) is 0 Å². The summed E-state index contributed by atoms with van der Waals surface area (Å²) in [5.41, 5.74) is 0.340. The lowest BCUT2D eigenvalue weighted by molar-refractivity contribution is -0.140. The van der Waals surface area contributed by atoms with Crippen molar-refractivity contribution in [1.82, 2.24) is 4.90 Å². The van der Waals surface area contributed by atoms with E-state index >= 15 is 0 Å². The smallest absolute Gasteiger partial charge is 0.416 e. The molecule has 24 heavy (non-hydrogen) atoms. The summed E-state index contributed by atoms with van der Waals surface area (Å²) in [7, 11) is 0. The van der Waals surface area contributed by atoms with Gasteiger partial charge in [0, 0.05) is 19.6 Å². The van der Waals surface area contributed by atoms with Gasteiger partial charge in [-0.1, -0.05) is 36.4 Å². The summed E-state index contributed by atoms with van der Waals surface area (Å²) in [6, 6.07) is 13.1. The van der Waals surface area contributed by atoms with Gasteiger partial charge in [0.1, 0.15) is 5.75 Å². The summed E-state index contributed by atoms with van der Waals surface area (Å²) in [5.74, 6) is -0.400. The molecule has 0 bridgehead atoms. The fourth-order valence-corrected chi connectivity index (χ4v) is 2.95. The molecule has 1 fully saturated rings. The molecule has 1 heterocycles. The summed E-state index contributed by atoms with van der Waals surface area (Å²) in [4.78, 5) is 2.08. The first kappa shape index (κ1) is 16.8. The summed E-state index contributed by atoms with van der Waals surface area (Å²) in [6.45, 7) is 2.09. The molecule has 128 valence electrons. The molecular weight excluding hydrogens is 319 g/mol. The maximum atomic E-state index is 13.2. The first-order chi connectivity index (χ1) is 11.4. The summed E-state index contributed by atoms with van der Waals surface area (Å²) in [5, 5.41) is 9.39. The zero-order valence-corrected chi connectivity index (χ0v) is 13.0. The second-order valence-electron chi connectivity index (χ2n) is 5.85. The molecule has 2 aromatic carbocycles. The molecule has 3 nitrogen and oxygen atoms in total. The van der Waals surface area contributed by atoms with Crippen LogP contribution in [0.1, 0.15) is 22.8 Å². The first-order valence-electron chi connectivity index (χ1n) is 7.71. The standard InChI is InChI=1S/C18H18F3NO2/c19-18(20,21)16-10-14(23)6-7-15(16)17-12-22(8-9-24-17)11-13-4-2-1-3-5-13/h1-7,10,17,23H,8-9,11-12H2/t17-/m0/s1. The van der Waals surface area contributed by atoms with Crippen LogP contribution >= 0.6 is 0 Å². The Bertz CT molecular complexity index is 688. The molecule has 1 saturated heterocycles. The van der Waals surface area contributed by atoms with Gasteiger partial charge in [-0.25, -0.2) is 0 Å². The molecule has 0 amide bonds. The van der Waals surface area contributed by atoms with Crippen molar-refractivity contribution in [2.45, 2.75) is 18.8 Å². The van der Waals surface area contributed by atoms with E-state index in [-0.39, 0.29) is 5.56 Å². The number of alkyl halides is 3. The van der Waals surface area contributed by atoms with Crippen LogP contribution in [0.5, 0.6) is 5.75 Å². The third-order valence-electron chi connectivity index (χ3n) is 4.09. The van der Waals surface area contributed by atoms with Crippen LogP contribution < -0.4 is 0 Å². The van der Waals surface area contributed by atoms with E-state index in [4.69, 9.17) is 4.74 Å². The highest BCUT2D eigenvalue weighted by molar-refractivity contribution is 5.38. The van der Waals surface area contributed by atoms with Crippen LogP contribution in [0.2, 0.25) is 0 Å². The van der Waals surface area contributed by atoms with Crippen LogP contribution in [0.4, 0.5) is 13.2 Å². The van der Waals surface area contributed by atoms with Crippen molar-refractivity contribution in [3.63, 3.8) is 0 Å². The molecule has 3 rings (SSSR count). The highest BCUT2D eigenvalue weighted by atomic mass is 19.4. The number of rotatable bonds is 3. The number of halogens is 3. The number of nitrogens with zero attached hydrogens (tertiary/aromatic N) is 1. The lowest BCUT2D eigenvalue weighted by atomic mass is 10.00. The van der Waals surface area contributed by atoms with E-state index in [2.05, 4.69) is 4.90 Å². The Kier molecular flexibility index (Phi) is 4.78. The maximum Gasteiger partial charge on any atom is 0.416 e. The first-order valence-corrected chi connectivity index (χ1v) is 7.71. The molecule has 0 aliphatic carbocycles. The number of morpholine rings is 1. The van der Waals surface area contributed by atoms with Crippen molar-refractivity contribution in [3.05, 3.63) is 65.2 Å². The number of aromatic hydroxyl groups is 1. The van der Waals surface area contributed by atoms with Crippen molar-refractivity contribution in [2.24, 2.45) is 0 Å². The third kappa shape index (κ3) is 3.88. The molecule has 1 atom stereocenters. The van der Waals surface area contributed by atoms with Crippen molar-refractivity contribution in [1.29, 1.82) is 0 Å². The molecule has 1 N–H and O–H groups in total. The molecular formula is C18H18F3NO2. The van der Waals surface area contributed by atoms with Gasteiger partial charge < -0.3 is 9.84 Å². The van der Waals surface area contributed by atoms with Crippen LogP contribution in [0.15, 0.2) is 48.5 Å². The third-order valence-corrected chi connectivity index (χ3v) is 4.09. The Morgan fingerprint density at radius 3 is 2.58 bits per heavy atom. The van der Waals surface area contributed by atoms with Gasteiger partial charge in [0.15, 0.2) is 0 Å². The van der Waals surface area contributed by atoms with Crippen molar-refractivity contribution < 1.29 is 23.0 Å². The number of phenolic OH excluding ortho intramolecular Hbond substituents is 1. The average Bonchev–Trinajstić information content (AvgIpc) is 2.55. The SMILES string of the molecule is Oc1ccc([C@@H]2CN(Cc3ccccc3)CCO2)c(C(F)(F)F)c1. The van der Waals surface area contributed by atoms with E-state index in [1.54, 1.807) is 0 Å². The predicted octanol–water partition coefficient (Wildman–Crippen LogP) is 3.98. The Morgan fingerprint density at radius 1 is 1.12 bits per heavy atom. The van der Waals surface area contributed by atoms with Crippen LogP contribution in [0, 0.1) is 0 Å². The Hall–Kier alpha value is -2.05. The van der Waals surface area contributed by atoms with Crippen molar-refractivity contribution in [2.75, 3.05) is 19.7 Å². The minimum Gasteiger partial charge on any atom is -0.508 e. The van der Waals surface area contributed by atoms with Crippen LogP contribution in [-0.4, -0.2) is 29.7 Å². The zero-order chi connectivity index (χ0) is 17.2. The van der Waals surface area contributed by atoms with E-state index in [1.165, 1.54) is 12.1 Å². The second kappa shape index (κ2) is 6.83. The topological polar surface area (TPSA) is 32.7 Å². The molecule has 0 saturated carbocycles. The zero-order valence-electron chi connectivity index (χ0n) is 13.0. The number of ether oxygens (including phenoxy) is 1. The Labute approximate surface area is 138 Å². The fourth-order valence-electron chi connectivity index (χ4n) is 2.95. The van der Waals surface area contributed by atoms with Crippen LogP contribution in [0.3, 0.4) is 0 Å². The van der Waals surface area contributed by atoms with E-state index in [1.807, 2.05) is 30.3 Å². The summed E-state index contributed by atoms with van der Waals surface area (Å²) < 4.78 is 45.3.